The fraction of sp³-hybridized carbons (Fsp3) is 0.345. The van der Waals surface area contributed by atoms with Gasteiger partial charge in [0.05, 0.1) is 51.5 Å². The Morgan fingerprint density at radius 3 is 2.41 bits per heavy atom. The number of amides is 1. The molecule has 0 saturated heterocycles. The molecule has 10 heteroatoms. The number of nitrogens with zero attached hydrogens (tertiary/aromatic N) is 1. The molecule has 0 radical (unpaired) electrons. The van der Waals surface area contributed by atoms with Crippen molar-refractivity contribution in [3.05, 3.63) is 63.1 Å². The van der Waals surface area contributed by atoms with Gasteiger partial charge in [-0.25, -0.2) is 0 Å². The Kier molecular flexibility index (Phi) is 8.13. The van der Waals surface area contributed by atoms with E-state index in [1.807, 2.05) is 12.1 Å². The Morgan fingerprint density at radius 1 is 1.05 bits per heavy atom. The molecule has 0 aliphatic heterocycles. The van der Waals surface area contributed by atoms with Crippen LogP contribution in [0.15, 0.2) is 35.3 Å². The number of nitrogens with two attached hydrogens (primary N) is 1. The van der Waals surface area contributed by atoms with Gasteiger partial charge in [-0.2, -0.15) is 0 Å². The minimum atomic E-state index is -0.388. The van der Waals surface area contributed by atoms with Crippen molar-refractivity contribution in [1.82, 2.24) is 10.3 Å². The lowest BCUT2D eigenvalue weighted by Crippen LogP contribution is -2.26. The van der Waals surface area contributed by atoms with Gasteiger partial charge in [-0.05, 0) is 54.7 Å². The molecule has 1 aliphatic carbocycles. The van der Waals surface area contributed by atoms with Crippen molar-refractivity contribution < 1.29 is 23.7 Å². The van der Waals surface area contributed by atoms with Crippen LogP contribution in [0.1, 0.15) is 41.8 Å². The van der Waals surface area contributed by atoms with Crippen molar-refractivity contribution in [1.29, 1.82) is 0 Å². The molecule has 10 nitrogen and oxygen atoms in total. The van der Waals surface area contributed by atoms with Gasteiger partial charge in [-0.1, -0.05) is 6.07 Å². The number of methoxy groups -OCH3 is 4. The van der Waals surface area contributed by atoms with Crippen molar-refractivity contribution in [3.63, 3.8) is 0 Å². The van der Waals surface area contributed by atoms with Gasteiger partial charge in [0.1, 0.15) is 5.75 Å². The Bertz CT molecular complexity index is 1470. The number of fused-ring (bicyclic) bond motifs is 3. The molecule has 3 aromatic rings. The van der Waals surface area contributed by atoms with Gasteiger partial charge in [-0.15, -0.1) is 0 Å². The summed E-state index contributed by atoms with van der Waals surface area (Å²) < 4.78 is 22.5. The number of benzene rings is 1. The number of carbonyl (C=O) groups excluding carboxylic acids is 1. The number of hydrogen-bond donors (Lipinski definition) is 3. The zero-order chi connectivity index (χ0) is 28.3. The Balaban J connectivity index is 1.88. The van der Waals surface area contributed by atoms with Crippen LogP contribution in [0.4, 0.5) is 11.4 Å². The maximum Gasteiger partial charge on any atom is 0.217 e. The van der Waals surface area contributed by atoms with Crippen molar-refractivity contribution in [2.24, 2.45) is 0 Å². The number of carbonyl (C=O) groups is 1. The summed E-state index contributed by atoms with van der Waals surface area (Å²) >= 11 is 0. The van der Waals surface area contributed by atoms with E-state index in [9.17, 15) is 9.59 Å². The highest BCUT2D eigenvalue weighted by Gasteiger charge is 2.29. The van der Waals surface area contributed by atoms with Gasteiger partial charge in [0, 0.05) is 30.8 Å². The van der Waals surface area contributed by atoms with Crippen LogP contribution in [0.2, 0.25) is 0 Å². The molecule has 0 bridgehead atoms. The second-order valence-electron chi connectivity index (χ2n) is 9.27. The lowest BCUT2D eigenvalue weighted by Gasteiger charge is -2.19. The maximum atomic E-state index is 13.5. The number of nitrogen functional groups attached to an aromatic ring is 1. The highest BCUT2D eigenvalue weighted by Crippen LogP contribution is 2.50. The molecule has 4 N–H and O–H groups in total. The number of pyridine rings is 1. The Morgan fingerprint density at radius 2 is 1.77 bits per heavy atom. The summed E-state index contributed by atoms with van der Waals surface area (Å²) in [5.41, 5.74) is 11.3. The van der Waals surface area contributed by atoms with Gasteiger partial charge < -0.3 is 35.3 Å². The molecule has 0 spiro atoms. The number of rotatable bonds is 8. The third-order valence-electron chi connectivity index (χ3n) is 6.93. The number of ether oxygens (including phenoxy) is 4. The SMILES string of the molecule is COc1cc2c(c(OC)c1OC)-c1ccc(NCc3cnc(C)c(N)c3OC)c(=O)cc1[C@@H](NC(C)=O)CC2. The molecular weight excluding hydrogens is 500 g/mol. The summed E-state index contributed by atoms with van der Waals surface area (Å²) in [5.74, 6) is 1.82. The maximum absolute atomic E-state index is 13.5. The zero-order valence-electron chi connectivity index (χ0n) is 23.1. The van der Waals surface area contributed by atoms with E-state index in [4.69, 9.17) is 24.7 Å². The Labute approximate surface area is 227 Å². The average Bonchev–Trinajstić information content (AvgIpc) is 3.16. The third-order valence-corrected chi connectivity index (χ3v) is 6.93. The molecule has 1 amide bonds. The molecule has 2 aromatic carbocycles. The summed E-state index contributed by atoms with van der Waals surface area (Å²) in [4.78, 5) is 30.0. The van der Waals surface area contributed by atoms with Crippen LogP contribution >= 0.6 is 0 Å². The number of aryl methyl sites for hydroxylation is 2. The van der Waals surface area contributed by atoms with E-state index in [0.29, 0.717) is 64.0 Å². The number of anilines is 2. The number of aromatic nitrogens is 1. The van der Waals surface area contributed by atoms with E-state index >= 15 is 0 Å². The molecule has 1 atom stereocenters. The van der Waals surface area contributed by atoms with Gasteiger partial charge in [0.2, 0.25) is 17.1 Å². The fourth-order valence-corrected chi connectivity index (χ4v) is 5.05. The predicted octanol–water partition coefficient (Wildman–Crippen LogP) is 3.77. The van der Waals surface area contributed by atoms with Crippen LogP contribution in [0.5, 0.6) is 23.0 Å². The molecule has 206 valence electrons. The topological polar surface area (TPSA) is 134 Å². The first-order valence-corrected chi connectivity index (χ1v) is 12.5. The first-order valence-electron chi connectivity index (χ1n) is 12.5. The zero-order valence-corrected chi connectivity index (χ0v) is 23.1. The average molecular weight is 535 g/mol. The van der Waals surface area contributed by atoms with Crippen LogP contribution < -0.4 is 40.7 Å². The first-order chi connectivity index (χ1) is 18.7. The molecule has 39 heavy (non-hydrogen) atoms. The van der Waals surface area contributed by atoms with Crippen molar-refractivity contribution in [3.8, 4) is 34.1 Å². The lowest BCUT2D eigenvalue weighted by molar-refractivity contribution is -0.119. The van der Waals surface area contributed by atoms with Crippen LogP contribution in [-0.2, 0) is 17.8 Å². The van der Waals surface area contributed by atoms with E-state index in [1.54, 1.807) is 53.7 Å². The standard InChI is InChI=1S/C29H34N4O6/c1-15-26(30)27(37-4)18(13-31-15)14-32-22-10-8-19-20(12-23(22)35)21(33-16(2)34)9-7-17-11-24(36-3)28(38-5)29(39-6)25(17)19/h8,10-13,21H,7,9,14,30H2,1-6H3,(H,32,35)(H,33,34)/t21-/m0/s1. The van der Waals surface area contributed by atoms with Crippen LogP contribution in [0, 0.1) is 6.92 Å². The second-order valence-corrected chi connectivity index (χ2v) is 9.27. The smallest absolute Gasteiger partial charge is 0.217 e. The molecule has 1 aromatic heterocycles. The highest BCUT2D eigenvalue weighted by molar-refractivity contribution is 5.83. The summed E-state index contributed by atoms with van der Waals surface area (Å²) in [6.07, 6.45) is 2.87. The molecule has 0 unspecified atom stereocenters. The summed E-state index contributed by atoms with van der Waals surface area (Å²) in [6, 6.07) is 6.70. The minimum absolute atomic E-state index is 0.187. The number of nitrogens with one attached hydrogen (secondary N) is 2. The van der Waals surface area contributed by atoms with Crippen LogP contribution in [0.3, 0.4) is 0 Å². The molecule has 1 aliphatic rings. The van der Waals surface area contributed by atoms with Crippen molar-refractivity contribution >= 4 is 17.3 Å². The molecule has 0 fully saturated rings. The van der Waals surface area contributed by atoms with Gasteiger partial charge >= 0.3 is 0 Å². The van der Waals surface area contributed by atoms with Gasteiger partial charge in [-0.3, -0.25) is 14.6 Å². The normalized spacial score (nSPS) is 13.8. The van der Waals surface area contributed by atoms with Crippen LogP contribution in [-0.4, -0.2) is 39.3 Å². The predicted molar refractivity (Wildman–Crippen MR) is 150 cm³/mol. The summed E-state index contributed by atoms with van der Waals surface area (Å²) in [5, 5.41) is 6.22. The van der Waals surface area contributed by atoms with E-state index < -0.39 is 0 Å². The third kappa shape index (κ3) is 5.27. The molecular formula is C29H34N4O6. The van der Waals surface area contributed by atoms with E-state index in [2.05, 4.69) is 15.6 Å². The quantitative estimate of drug-likeness (QED) is 0.395. The van der Waals surface area contributed by atoms with Gasteiger partial charge in [0.15, 0.2) is 11.5 Å². The summed E-state index contributed by atoms with van der Waals surface area (Å²) in [6.45, 7) is 3.54. The van der Waals surface area contributed by atoms with E-state index in [0.717, 1.165) is 16.7 Å². The summed E-state index contributed by atoms with van der Waals surface area (Å²) in [7, 11) is 6.23. The molecule has 0 saturated carbocycles. The fourth-order valence-electron chi connectivity index (χ4n) is 5.05. The molecule has 4 rings (SSSR count). The second kappa shape index (κ2) is 11.5. The monoisotopic (exact) mass is 534 g/mol. The Hall–Kier alpha value is -4.47. The van der Waals surface area contributed by atoms with Gasteiger partial charge in [0.25, 0.3) is 0 Å². The van der Waals surface area contributed by atoms with Crippen LogP contribution in [0.25, 0.3) is 11.1 Å². The van der Waals surface area contributed by atoms with Crippen molar-refractivity contribution in [2.75, 3.05) is 39.5 Å². The number of hydrogen-bond acceptors (Lipinski definition) is 9. The lowest BCUT2D eigenvalue weighted by atomic mass is 9.95. The van der Waals surface area contributed by atoms with E-state index in [1.165, 1.54) is 6.92 Å². The highest BCUT2D eigenvalue weighted by atomic mass is 16.5. The first kappa shape index (κ1) is 27.6. The largest absolute Gasteiger partial charge is 0.494 e. The molecule has 1 heterocycles. The minimum Gasteiger partial charge on any atom is -0.494 e. The van der Waals surface area contributed by atoms with Crippen molar-refractivity contribution in [2.45, 2.75) is 39.3 Å². The van der Waals surface area contributed by atoms with E-state index in [-0.39, 0.29) is 23.9 Å².